The maximum absolute atomic E-state index is 10.7. The molecule has 0 amide bonds. The monoisotopic (exact) mass is 212 g/mol. The molecule has 2 heteroatoms. The largest absolute Gasteiger partial charge is 0.295 e. The quantitative estimate of drug-likeness (QED) is 0.315. The molecule has 0 aromatic rings. The predicted molar refractivity (Wildman–Crippen MR) is 62.8 cm³/mol. The molecule has 0 rings (SSSR count). The van der Waals surface area contributed by atoms with E-state index < -0.39 is 0 Å². The van der Waals surface area contributed by atoms with Crippen LogP contribution in [0.25, 0.3) is 0 Å². The van der Waals surface area contributed by atoms with Crippen molar-refractivity contribution in [3.63, 3.8) is 0 Å². The van der Waals surface area contributed by atoms with Crippen molar-refractivity contribution in [1.82, 2.24) is 0 Å². The number of carbonyl (C=O) groups excluding carboxylic acids is 2. The SMILES string of the molecule is CC(C)CCCCCCCCC(=O)C=O. The average molecular weight is 212 g/mol. The number of hydrogen-bond donors (Lipinski definition) is 0. The molecule has 0 bridgehead atoms. The van der Waals surface area contributed by atoms with E-state index in [0.29, 0.717) is 12.7 Å². The van der Waals surface area contributed by atoms with Gasteiger partial charge in [0.2, 0.25) is 0 Å². The summed E-state index contributed by atoms with van der Waals surface area (Å²) in [4.78, 5) is 20.7. The minimum absolute atomic E-state index is 0.255. The Morgan fingerprint density at radius 3 is 2.07 bits per heavy atom. The number of ketones is 1. The highest BCUT2D eigenvalue weighted by molar-refractivity contribution is 6.24. The Bertz CT molecular complexity index is 173. The van der Waals surface area contributed by atoms with Crippen molar-refractivity contribution in [2.24, 2.45) is 5.92 Å². The lowest BCUT2D eigenvalue weighted by Gasteiger charge is -2.03. The summed E-state index contributed by atoms with van der Waals surface area (Å²) in [5.74, 6) is 0.560. The lowest BCUT2D eigenvalue weighted by molar-refractivity contribution is -0.129. The second-order valence-electron chi connectivity index (χ2n) is 4.64. The van der Waals surface area contributed by atoms with Crippen LogP contribution in [-0.2, 0) is 9.59 Å². The third kappa shape index (κ3) is 11.3. The molecule has 0 N–H and O–H groups in total. The molecule has 0 radical (unpaired) electrons. The second kappa shape index (κ2) is 9.88. The molecule has 0 aromatic heterocycles. The smallest absolute Gasteiger partial charge is 0.195 e. The minimum atomic E-state index is -0.255. The molecule has 0 fully saturated rings. The molecule has 0 aliphatic rings. The molecule has 15 heavy (non-hydrogen) atoms. The van der Waals surface area contributed by atoms with E-state index in [0.717, 1.165) is 18.8 Å². The minimum Gasteiger partial charge on any atom is -0.295 e. The zero-order chi connectivity index (χ0) is 11.5. The van der Waals surface area contributed by atoms with Gasteiger partial charge in [0.25, 0.3) is 0 Å². The maximum atomic E-state index is 10.7. The molecule has 0 saturated heterocycles. The van der Waals surface area contributed by atoms with Crippen LogP contribution >= 0.6 is 0 Å². The van der Waals surface area contributed by atoms with Crippen LogP contribution in [0.2, 0.25) is 0 Å². The Balaban J connectivity index is 3.05. The standard InChI is InChI=1S/C13H24O2/c1-12(2)9-7-5-3-4-6-8-10-13(15)11-14/h11-12H,3-10H2,1-2H3. The third-order valence-electron chi connectivity index (χ3n) is 2.59. The van der Waals surface area contributed by atoms with Crippen LogP contribution in [0.1, 0.15) is 65.2 Å². The number of hydrogen-bond acceptors (Lipinski definition) is 2. The van der Waals surface area contributed by atoms with Gasteiger partial charge in [-0.1, -0.05) is 52.4 Å². The van der Waals surface area contributed by atoms with E-state index in [1.807, 2.05) is 0 Å². The second-order valence-corrected chi connectivity index (χ2v) is 4.64. The van der Waals surface area contributed by atoms with Crippen LogP contribution in [0.4, 0.5) is 0 Å². The van der Waals surface area contributed by atoms with Gasteiger partial charge in [-0.25, -0.2) is 0 Å². The Morgan fingerprint density at radius 2 is 1.53 bits per heavy atom. The van der Waals surface area contributed by atoms with Crippen molar-refractivity contribution in [3.05, 3.63) is 0 Å². The summed E-state index contributed by atoms with van der Waals surface area (Å²) in [7, 11) is 0. The summed E-state index contributed by atoms with van der Waals surface area (Å²) in [5.41, 5.74) is 0. The van der Waals surface area contributed by atoms with Crippen LogP contribution in [0.3, 0.4) is 0 Å². The van der Waals surface area contributed by atoms with E-state index in [9.17, 15) is 9.59 Å². The molecule has 0 aliphatic heterocycles. The highest BCUT2D eigenvalue weighted by Crippen LogP contribution is 2.11. The fourth-order valence-corrected chi connectivity index (χ4v) is 1.62. The van der Waals surface area contributed by atoms with Gasteiger partial charge >= 0.3 is 0 Å². The molecule has 88 valence electrons. The van der Waals surface area contributed by atoms with E-state index in [1.165, 1.54) is 32.1 Å². The molecule has 0 aromatic carbocycles. The van der Waals surface area contributed by atoms with E-state index in [4.69, 9.17) is 0 Å². The summed E-state index contributed by atoms with van der Waals surface area (Å²) in [5, 5.41) is 0. The predicted octanol–water partition coefficient (Wildman–Crippen LogP) is 3.53. The first-order valence-corrected chi connectivity index (χ1v) is 6.15. The van der Waals surface area contributed by atoms with Crippen LogP contribution in [0.15, 0.2) is 0 Å². The van der Waals surface area contributed by atoms with Crippen LogP contribution in [0, 0.1) is 5.92 Å². The van der Waals surface area contributed by atoms with Crippen LogP contribution < -0.4 is 0 Å². The highest BCUT2D eigenvalue weighted by Gasteiger charge is 1.98. The molecular weight excluding hydrogens is 188 g/mol. The number of rotatable bonds is 10. The van der Waals surface area contributed by atoms with E-state index in [2.05, 4.69) is 13.8 Å². The van der Waals surface area contributed by atoms with Gasteiger partial charge < -0.3 is 0 Å². The zero-order valence-corrected chi connectivity index (χ0v) is 10.1. The maximum Gasteiger partial charge on any atom is 0.195 e. The zero-order valence-electron chi connectivity index (χ0n) is 10.1. The fourth-order valence-electron chi connectivity index (χ4n) is 1.62. The average Bonchev–Trinajstić information content (AvgIpc) is 2.21. The number of Topliss-reactive ketones (excluding diaryl/α,β-unsaturated/α-hetero) is 1. The normalized spacial score (nSPS) is 10.6. The van der Waals surface area contributed by atoms with Gasteiger partial charge in [0.05, 0.1) is 0 Å². The molecule has 2 nitrogen and oxygen atoms in total. The molecule has 0 heterocycles. The van der Waals surface area contributed by atoms with Gasteiger partial charge in [0.15, 0.2) is 12.1 Å². The molecule has 0 aliphatic carbocycles. The van der Waals surface area contributed by atoms with Crippen molar-refractivity contribution in [2.75, 3.05) is 0 Å². The number of unbranched alkanes of at least 4 members (excludes halogenated alkanes) is 5. The van der Waals surface area contributed by atoms with Gasteiger partial charge in [0.1, 0.15) is 0 Å². The Hall–Kier alpha value is -0.660. The summed E-state index contributed by atoms with van der Waals surface area (Å²) < 4.78 is 0. The summed E-state index contributed by atoms with van der Waals surface area (Å²) in [6, 6.07) is 0. The first kappa shape index (κ1) is 14.3. The lowest BCUT2D eigenvalue weighted by Crippen LogP contribution is -1.97. The first-order valence-electron chi connectivity index (χ1n) is 6.15. The van der Waals surface area contributed by atoms with Crippen LogP contribution in [-0.4, -0.2) is 12.1 Å². The van der Waals surface area contributed by atoms with Crippen molar-refractivity contribution < 1.29 is 9.59 Å². The van der Waals surface area contributed by atoms with E-state index >= 15 is 0 Å². The van der Waals surface area contributed by atoms with Crippen molar-refractivity contribution in [1.29, 1.82) is 0 Å². The van der Waals surface area contributed by atoms with Gasteiger partial charge in [-0.05, 0) is 12.3 Å². The summed E-state index contributed by atoms with van der Waals surface area (Å²) in [6.45, 7) is 4.51. The third-order valence-corrected chi connectivity index (χ3v) is 2.59. The van der Waals surface area contributed by atoms with Crippen molar-refractivity contribution in [2.45, 2.75) is 65.2 Å². The Labute approximate surface area is 93.4 Å². The lowest BCUT2D eigenvalue weighted by atomic mass is 10.0. The van der Waals surface area contributed by atoms with Gasteiger partial charge in [-0.3, -0.25) is 9.59 Å². The molecule has 0 saturated carbocycles. The number of aldehydes is 1. The number of carbonyl (C=O) groups is 2. The Kier molecular flexibility index (Phi) is 9.44. The Morgan fingerprint density at radius 1 is 1.00 bits per heavy atom. The molecule has 0 atom stereocenters. The fraction of sp³-hybridized carbons (Fsp3) is 0.846. The van der Waals surface area contributed by atoms with Gasteiger partial charge in [0, 0.05) is 6.42 Å². The van der Waals surface area contributed by atoms with Crippen molar-refractivity contribution >= 4 is 12.1 Å². The van der Waals surface area contributed by atoms with Gasteiger partial charge in [-0.2, -0.15) is 0 Å². The highest BCUT2D eigenvalue weighted by atomic mass is 16.2. The summed E-state index contributed by atoms with van der Waals surface area (Å²) >= 11 is 0. The van der Waals surface area contributed by atoms with Crippen molar-refractivity contribution in [3.8, 4) is 0 Å². The van der Waals surface area contributed by atoms with E-state index in [-0.39, 0.29) is 5.78 Å². The summed E-state index contributed by atoms with van der Waals surface area (Å²) in [6.07, 6.45) is 9.25. The van der Waals surface area contributed by atoms with Gasteiger partial charge in [-0.15, -0.1) is 0 Å². The molecule has 0 unspecified atom stereocenters. The molecule has 0 spiro atoms. The van der Waals surface area contributed by atoms with Crippen LogP contribution in [0.5, 0.6) is 0 Å². The van der Waals surface area contributed by atoms with E-state index in [1.54, 1.807) is 0 Å². The topological polar surface area (TPSA) is 34.1 Å². The first-order chi connectivity index (χ1) is 7.16. The molecular formula is C13H24O2.